The van der Waals surface area contributed by atoms with Crippen LogP contribution < -0.4 is 4.74 Å². The summed E-state index contributed by atoms with van der Waals surface area (Å²) < 4.78 is 71.9. The van der Waals surface area contributed by atoms with Crippen molar-refractivity contribution in [2.45, 2.75) is 12.6 Å². The second-order valence-corrected chi connectivity index (χ2v) is 3.26. The Bertz CT molecular complexity index is 487. The molecule has 19 heavy (non-hydrogen) atoms. The Morgan fingerprint density at radius 2 is 1.89 bits per heavy atom. The van der Waals surface area contributed by atoms with Gasteiger partial charge in [0.1, 0.15) is 11.3 Å². The van der Waals surface area contributed by atoms with Crippen molar-refractivity contribution < 1.29 is 36.2 Å². The number of esters is 1. The summed E-state index contributed by atoms with van der Waals surface area (Å²) in [7, 11) is 1.68. The zero-order valence-electron chi connectivity index (χ0n) is 9.72. The maximum Gasteiger partial charge on any atom is 0.418 e. The van der Waals surface area contributed by atoms with E-state index in [1.165, 1.54) is 0 Å². The number of methoxy groups -OCH3 is 2. The minimum atomic E-state index is -4.95. The predicted molar refractivity (Wildman–Crippen MR) is 52.1 cm³/mol. The first-order valence-electron chi connectivity index (χ1n) is 4.74. The summed E-state index contributed by atoms with van der Waals surface area (Å²) in [4.78, 5) is 14.4. The predicted octanol–water partition coefficient (Wildman–Crippen LogP) is 2.83. The quantitative estimate of drug-likeness (QED) is 0.633. The molecule has 0 unspecified atom stereocenters. The van der Waals surface area contributed by atoms with E-state index in [0.717, 1.165) is 14.2 Å². The van der Waals surface area contributed by atoms with Crippen LogP contribution in [0.1, 0.15) is 28.0 Å². The van der Waals surface area contributed by atoms with Crippen LogP contribution in [0.4, 0.5) is 22.0 Å². The SMILES string of the molecule is COC(=O)c1c(C(F)(F)F)cnc(C(F)F)c1OC. The van der Waals surface area contributed by atoms with Gasteiger partial charge in [-0.15, -0.1) is 0 Å². The van der Waals surface area contributed by atoms with Crippen LogP contribution in [0, 0.1) is 0 Å². The van der Waals surface area contributed by atoms with Crippen LogP contribution >= 0.6 is 0 Å². The number of rotatable bonds is 3. The topological polar surface area (TPSA) is 48.4 Å². The zero-order chi connectivity index (χ0) is 14.8. The average Bonchev–Trinajstić information content (AvgIpc) is 2.34. The van der Waals surface area contributed by atoms with Gasteiger partial charge in [-0.05, 0) is 0 Å². The van der Waals surface area contributed by atoms with Crippen molar-refractivity contribution >= 4 is 5.97 Å². The van der Waals surface area contributed by atoms with Gasteiger partial charge in [-0.3, -0.25) is 4.98 Å². The second kappa shape index (κ2) is 5.37. The van der Waals surface area contributed by atoms with E-state index in [4.69, 9.17) is 0 Å². The molecule has 0 amide bonds. The number of hydrogen-bond acceptors (Lipinski definition) is 4. The van der Waals surface area contributed by atoms with Crippen LogP contribution in [0.3, 0.4) is 0 Å². The fraction of sp³-hybridized carbons (Fsp3) is 0.400. The van der Waals surface area contributed by atoms with Crippen molar-refractivity contribution in [3.63, 3.8) is 0 Å². The summed E-state index contributed by atoms with van der Waals surface area (Å²) in [5, 5.41) is 0. The molecule has 1 heterocycles. The highest BCUT2D eigenvalue weighted by Gasteiger charge is 2.40. The first-order chi connectivity index (χ1) is 8.73. The van der Waals surface area contributed by atoms with E-state index in [2.05, 4.69) is 14.5 Å². The minimum absolute atomic E-state index is 0.149. The third kappa shape index (κ3) is 2.91. The Morgan fingerprint density at radius 1 is 1.32 bits per heavy atom. The first-order valence-corrected chi connectivity index (χ1v) is 4.74. The van der Waals surface area contributed by atoms with Crippen LogP contribution in [-0.4, -0.2) is 25.2 Å². The normalized spacial score (nSPS) is 11.6. The van der Waals surface area contributed by atoms with Gasteiger partial charge in [0.2, 0.25) is 0 Å². The molecule has 4 nitrogen and oxygen atoms in total. The van der Waals surface area contributed by atoms with Crippen molar-refractivity contribution in [1.82, 2.24) is 4.98 Å². The lowest BCUT2D eigenvalue weighted by atomic mass is 10.1. The number of nitrogens with zero attached hydrogens (tertiary/aromatic N) is 1. The van der Waals surface area contributed by atoms with Crippen molar-refractivity contribution in [2.75, 3.05) is 14.2 Å². The van der Waals surface area contributed by atoms with E-state index in [0.29, 0.717) is 0 Å². The molecular weight excluding hydrogens is 277 g/mol. The molecule has 0 N–H and O–H groups in total. The van der Waals surface area contributed by atoms with Crippen molar-refractivity contribution in [3.05, 3.63) is 23.0 Å². The molecule has 0 atom stereocenters. The van der Waals surface area contributed by atoms with Gasteiger partial charge in [-0.25, -0.2) is 13.6 Å². The molecule has 0 saturated heterocycles. The van der Waals surface area contributed by atoms with Gasteiger partial charge in [0.25, 0.3) is 6.43 Å². The van der Waals surface area contributed by atoms with Gasteiger partial charge < -0.3 is 9.47 Å². The molecule has 0 aliphatic heterocycles. The fourth-order valence-electron chi connectivity index (χ4n) is 1.39. The molecule has 0 bridgehead atoms. The van der Waals surface area contributed by atoms with E-state index in [9.17, 15) is 26.7 Å². The molecule has 0 aliphatic carbocycles. The van der Waals surface area contributed by atoms with E-state index in [1.54, 1.807) is 0 Å². The average molecular weight is 285 g/mol. The molecule has 1 rings (SSSR count). The molecule has 1 aromatic rings. The first kappa shape index (κ1) is 15.1. The van der Waals surface area contributed by atoms with Crippen molar-refractivity contribution in [3.8, 4) is 5.75 Å². The Balaban J connectivity index is 3.65. The summed E-state index contributed by atoms with van der Waals surface area (Å²) >= 11 is 0. The summed E-state index contributed by atoms with van der Waals surface area (Å²) in [6.07, 6.45) is -8.00. The van der Waals surface area contributed by atoms with Gasteiger partial charge in [-0.2, -0.15) is 13.2 Å². The summed E-state index contributed by atoms with van der Waals surface area (Å²) in [5.41, 5.74) is -3.68. The minimum Gasteiger partial charge on any atom is -0.494 e. The molecule has 0 radical (unpaired) electrons. The number of carbonyl (C=O) groups is 1. The highest BCUT2D eigenvalue weighted by molar-refractivity contribution is 5.94. The van der Waals surface area contributed by atoms with Gasteiger partial charge in [0.05, 0.1) is 19.8 Å². The maximum absolute atomic E-state index is 12.7. The van der Waals surface area contributed by atoms with E-state index in [-0.39, 0.29) is 6.20 Å². The number of halogens is 5. The van der Waals surface area contributed by atoms with Crippen LogP contribution in [-0.2, 0) is 10.9 Å². The number of alkyl halides is 5. The molecule has 0 fully saturated rings. The molecular formula is C10H8F5NO3. The van der Waals surface area contributed by atoms with Crippen molar-refractivity contribution in [1.29, 1.82) is 0 Å². The third-order valence-corrected chi connectivity index (χ3v) is 2.17. The molecule has 0 saturated carbocycles. The van der Waals surface area contributed by atoms with E-state index >= 15 is 0 Å². The monoisotopic (exact) mass is 285 g/mol. The molecule has 1 aromatic heterocycles. The number of ether oxygens (including phenoxy) is 2. The van der Waals surface area contributed by atoms with Crippen LogP contribution in [0.25, 0.3) is 0 Å². The number of hydrogen-bond donors (Lipinski definition) is 0. The fourth-order valence-corrected chi connectivity index (χ4v) is 1.39. The van der Waals surface area contributed by atoms with Gasteiger partial charge in [0.15, 0.2) is 5.75 Å². The van der Waals surface area contributed by atoms with E-state index in [1.807, 2.05) is 0 Å². The third-order valence-electron chi connectivity index (χ3n) is 2.17. The Labute approximate surface area is 104 Å². The van der Waals surface area contributed by atoms with Crippen LogP contribution in [0.15, 0.2) is 6.20 Å². The summed E-state index contributed by atoms with van der Waals surface area (Å²) in [6.45, 7) is 0. The molecule has 0 spiro atoms. The number of carbonyl (C=O) groups excluding carboxylic acids is 1. The molecule has 0 aromatic carbocycles. The number of aromatic nitrogens is 1. The van der Waals surface area contributed by atoms with Crippen molar-refractivity contribution in [2.24, 2.45) is 0 Å². The van der Waals surface area contributed by atoms with Gasteiger partial charge >= 0.3 is 12.1 Å². The second-order valence-electron chi connectivity index (χ2n) is 3.26. The highest BCUT2D eigenvalue weighted by atomic mass is 19.4. The van der Waals surface area contributed by atoms with Gasteiger partial charge in [0, 0.05) is 6.20 Å². The zero-order valence-corrected chi connectivity index (χ0v) is 9.72. The van der Waals surface area contributed by atoms with E-state index < -0.39 is 41.1 Å². The number of pyridine rings is 1. The summed E-state index contributed by atoms with van der Waals surface area (Å²) in [6, 6.07) is 0. The van der Waals surface area contributed by atoms with Crippen LogP contribution in [0.5, 0.6) is 5.75 Å². The Morgan fingerprint density at radius 3 is 2.26 bits per heavy atom. The summed E-state index contributed by atoms with van der Waals surface area (Å²) in [5.74, 6) is -2.38. The molecule has 0 aliphatic rings. The van der Waals surface area contributed by atoms with Crippen LogP contribution in [0.2, 0.25) is 0 Å². The lowest BCUT2D eigenvalue weighted by Crippen LogP contribution is -2.18. The molecule has 106 valence electrons. The largest absolute Gasteiger partial charge is 0.494 e. The Hall–Kier alpha value is -1.93. The lowest BCUT2D eigenvalue weighted by molar-refractivity contribution is -0.138. The molecule has 9 heteroatoms. The van der Waals surface area contributed by atoms with Gasteiger partial charge in [-0.1, -0.05) is 0 Å². The highest BCUT2D eigenvalue weighted by Crippen LogP contribution is 2.39. The smallest absolute Gasteiger partial charge is 0.418 e. The lowest BCUT2D eigenvalue weighted by Gasteiger charge is -2.16. The standard InChI is InChI=1S/C10H8F5NO3/c1-18-7-5(9(17)19-2)4(10(13,14)15)3-16-6(7)8(11)12/h3,8H,1-2H3. The Kier molecular flexibility index (Phi) is 4.28. The maximum atomic E-state index is 12.7.